The molecule has 8 nitrogen and oxygen atoms in total. The Morgan fingerprint density at radius 3 is 2.40 bits per heavy atom. The molecule has 1 atom stereocenters. The molecule has 184 valence electrons. The molecular formula is C24H25F2N5O3S. The molecule has 1 saturated heterocycles. The number of halogens is 2. The third kappa shape index (κ3) is 5.09. The number of anilines is 2. The van der Waals surface area contributed by atoms with Gasteiger partial charge in [0.25, 0.3) is 15.9 Å². The highest BCUT2D eigenvalue weighted by Crippen LogP contribution is 2.38. The summed E-state index contributed by atoms with van der Waals surface area (Å²) in [6, 6.07) is 9.92. The van der Waals surface area contributed by atoms with Crippen LogP contribution in [0.5, 0.6) is 0 Å². The molecule has 3 aromatic rings. The lowest BCUT2D eigenvalue weighted by Gasteiger charge is -2.34. The summed E-state index contributed by atoms with van der Waals surface area (Å²) in [7, 11) is -4.32. The van der Waals surface area contributed by atoms with Crippen molar-refractivity contribution in [1.29, 1.82) is 0 Å². The molecule has 1 aliphatic rings. The number of nitrogens with one attached hydrogen (secondary N) is 1. The van der Waals surface area contributed by atoms with Crippen molar-refractivity contribution in [2.45, 2.75) is 37.8 Å². The van der Waals surface area contributed by atoms with Crippen LogP contribution in [0, 0.1) is 17.6 Å². The van der Waals surface area contributed by atoms with Crippen molar-refractivity contribution in [2.24, 2.45) is 5.92 Å². The molecule has 0 unspecified atom stereocenters. The first-order chi connectivity index (χ1) is 16.4. The van der Waals surface area contributed by atoms with E-state index in [4.69, 9.17) is 5.73 Å². The summed E-state index contributed by atoms with van der Waals surface area (Å²) in [5.41, 5.74) is 5.61. The highest BCUT2D eigenvalue weighted by atomic mass is 32.2. The Morgan fingerprint density at radius 2 is 1.80 bits per heavy atom. The van der Waals surface area contributed by atoms with Crippen molar-refractivity contribution in [3.63, 3.8) is 0 Å². The average molecular weight is 502 g/mol. The Bertz CT molecular complexity index is 1390. The predicted octanol–water partition coefficient (Wildman–Crippen LogP) is 3.75. The van der Waals surface area contributed by atoms with Gasteiger partial charge in [-0.15, -0.1) is 0 Å². The number of benzene rings is 1. The number of hydrogen-bond acceptors (Lipinski definition) is 7. The highest BCUT2D eigenvalue weighted by Gasteiger charge is 2.39. The monoisotopic (exact) mass is 501 g/mol. The molecule has 1 aliphatic heterocycles. The number of aromatic nitrogens is 2. The van der Waals surface area contributed by atoms with E-state index in [1.54, 1.807) is 0 Å². The molecule has 1 amide bonds. The van der Waals surface area contributed by atoms with Crippen LogP contribution < -0.4 is 15.4 Å². The largest absolute Gasteiger partial charge is 0.384 e. The molecule has 0 saturated carbocycles. The number of amides is 1. The number of nitrogen functional groups attached to an aromatic ring is 1. The van der Waals surface area contributed by atoms with Crippen molar-refractivity contribution in [3.8, 4) is 11.3 Å². The Labute approximate surface area is 202 Å². The first-order valence-corrected chi connectivity index (χ1v) is 12.4. The van der Waals surface area contributed by atoms with Crippen molar-refractivity contribution < 1.29 is 22.0 Å². The number of nitrogens with zero attached hydrogens (tertiary/aromatic N) is 3. The Balaban J connectivity index is 1.79. The van der Waals surface area contributed by atoms with Gasteiger partial charge in [0.2, 0.25) is 0 Å². The van der Waals surface area contributed by atoms with Gasteiger partial charge in [0.15, 0.2) is 5.03 Å². The van der Waals surface area contributed by atoms with Crippen molar-refractivity contribution in [1.82, 2.24) is 14.7 Å². The predicted molar refractivity (Wildman–Crippen MR) is 128 cm³/mol. The molecule has 3 N–H and O–H groups in total. The molecule has 0 bridgehead atoms. The fourth-order valence-corrected chi connectivity index (χ4v) is 5.40. The van der Waals surface area contributed by atoms with E-state index in [1.165, 1.54) is 30.3 Å². The van der Waals surface area contributed by atoms with Gasteiger partial charge in [-0.2, -0.15) is 8.42 Å². The van der Waals surface area contributed by atoms with Gasteiger partial charge in [-0.25, -0.2) is 23.5 Å². The Morgan fingerprint density at radius 1 is 1.11 bits per heavy atom. The van der Waals surface area contributed by atoms with Gasteiger partial charge >= 0.3 is 0 Å². The van der Waals surface area contributed by atoms with Crippen molar-refractivity contribution >= 4 is 27.6 Å². The molecule has 0 aliphatic carbocycles. The van der Waals surface area contributed by atoms with Gasteiger partial charge in [-0.1, -0.05) is 13.0 Å². The van der Waals surface area contributed by atoms with E-state index in [9.17, 15) is 22.0 Å². The fraction of sp³-hybridized carbons (Fsp3) is 0.292. The van der Waals surface area contributed by atoms with Crippen LogP contribution in [0.15, 0.2) is 53.6 Å². The quantitative estimate of drug-likeness (QED) is 0.547. The summed E-state index contributed by atoms with van der Waals surface area (Å²) in [5.74, 6) is -1.96. The molecule has 0 spiro atoms. The molecule has 1 fully saturated rings. The van der Waals surface area contributed by atoms with E-state index >= 15 is 0 Å². The molecule has 3 heterocycles. The standard InChI is InChI=1S/C24H25F2N5O3S/c1-14-12-24(2,3)31(13-14)22-18(7-8-19(28-22)15-9-16(25)11-17(26)10-15)23(32)30-35(33,34)21-6-4-5-20(27)29-21/h4-11,14H,12-13H2,1-3H3,(H2,27,29)(H,30,32)/t14-/m0/s1. The maximum atomic E-state index is 13.8. The van der Waals surface area contributed by atoms with E-state index in [2.05, 4.69) is 16.9 Å². The summed E-state index contributed by atoms with van der Waals surface area (Å²) >= 11 is 0. The molecule has 4 rings (SSSR count). The SMILES string of the molecule is C[C@@H]1CN(c2nc(-c3cc(F)cc(F)c3)ccc2C(=O)NS(=O)(=O)c2cccc(N)n2)C(C)(C)C1. The van der Waals surface area contributed by atoms with Gasteiger partial charge in [0, 0.05) is 23.7 Å². The zero-order chi connectivity index (χ0) is 25.5. The second-order valence-electron chi connectivity index (χ2n) is 9.29. The van der Waals surface area contributed by atoms with Gasteiger partial charge in [-0.3, -0.25) is 4.79 Å². The number of nitrogens with two attached hydrogens (primary N) is 1. The van der Waals surface area contributed by atoms with Crippen LogP contribution in [0.25, 0.3) is 11.3 Å². The number of hydrogen-bond donors (Lipinski definition) is 2. The molecule has 35 heavy (non-hydrogen) atoms. The van der Waals surface area contributed by atoms with Crippen molar-refractivity contribution in [3.05, 3.63) is 65.7 Å². The number of carbonyl (C=O) groups excluding carboxylic acids is 1. The van der Waals surface area contributed by atoms with E-state index < -0.39 is 38.1 Å². The zero-order valence-corrected chi connectivity index (χ0v) is 20.2. The average Bonchev–Trinajstić information content (AvgIpc) is 3.04. The lowest BCUT2D eigenvalue weighted by atomic mass is 9.97. The summed E-state index contributed by atoms with van der Waals surface area (Å²) < 4.78 is 55.3. The minimum absolute atomic E-state index is 0.000257. The van der Waals surface area contributed by atoms with Crippen LogP contribution in [-0.2, 0) is 10.0 Å². The minimum Gasteiger partial charge on any atom is -0.384 e. The zero-order valence-electron chi connectivity index (χ0n) is 19.4. The maximum absolute atomic E-state index is 13.8. The second kappa shape index (κ2) is 8.88. The summed E-state index contributed by atoms with van der Waals surface area (Å²) in [5, 5.41) is -0.401. The van der Waals surface area contributed by atoms with Gasteiger partial charge in [0.1, 0.15) is 23.3 Å². The fourth-order valence-electron chi connectivity index (χ4n) is 4.46. The summed E-state index contributed by atoms with van der Waals surface area (Å²) in [4.78, 5) is 23.5. The molecular weight excluding hydrogens is 476 g/mol. The number of rotatable bonds is 5. The lowest BCUT2D eigenvalue weighted by Crippen LogP contribution is -2.41. The van der Waals surface area contributed by atoms with Crippen LogP contribution in [0.4, 0.5) is 20.4 Å². The third-order valence-corrected chi connectivity index (χ3v) is 7.09. The molecule has 1 aromatic carbocycles. The van der Waals surface area contributed by atoms with Crippen LogP contribution >= 0.6 is 0 Å². The van der Waals surface area contributed by atoms with E-state index in [-0.39, 0.29) is 34.4 Å². The number of sulfonamides is 1. The maximum Gasteiger partial charge on any atom is 0.281 e. The van der Waals surface area contributed by atoms with Crippen LogP contribution in [0.2, 0.25) is 0 Å². The Kier molecular flexibility index (Phi) is 6.22. The number of pyridine rings is 2. The molecule has 0 radical (unpaired) electrons. The van der Waals surface area contributed by atoms with Gasteiger partial charge < -0.3 is 10.6 Å². The number of carbonyl (C=O) groups is 1. The lowest BCUT2D eigenvalue weighted by molar-refractivity contribution is 0.0981. The topological polar surface area (TPSA) is 118 Å². The molecule has 11 heteroatoms. The molecule has 2 aromatic heterocycles. The van der Waals surface area contributed by atoms with Crippen LogP contribution in [0.3, 0.4) is 0 Å². The van der Waals surface area contributed by atoms with E-state index in [0.29, 0.717) is 6.54 Å². The third-order valence-electron chi connectivity index (χ3n) is 5.85. The second-order valence-corrected chi connectivity index (χ2v) is 10.9. The highest BCUT2D eigenvalue weighted by molar-refractivity contribution is 7.90. The normalized spacial score (nSPS) is 17.4. The van der Waals surface area contributed by atoms with Gasteiger partial charge in [-0.05, 0) is 62.6 Å². The summed E-state index contributed by atoms with van der Waals surface area (Å²) in [6.45, 7) is 6.59. The smallest absolute Gasteiger partial charge is 0.281 e. The van der Waals surface area contributed by atoms with E-state index in [0.717, 1.165) is 24.6 Å². The van der Waals surface area contributed by atoms with E-state index in [1.807, 2.05) is 23.5 Å². The summed E-state index contributed by atoms with van der Waals surface area (Å²) in [6.07, 6.45) is 0.806. The van der Waals surface area contributed by atoms with Crippen molar-refractivity contribution in [2.75, 3.05) is 17.2 Å². The van der Waals surface area contributed by atoms with Gasteiger partial charge in [0.05, 0.1) is 11.3 Å². The Hall–Kier alpha value is -3.60. The van der Waals surface area contributed by atoms with Crippen LogP contribution in [0.1, 0.15) is 37.6 Å². The first kappa shape index (κ1) is 24.5. The minimum atomic E-state index is -4.32. The first-order valence-electron chi connectivity index (χ1n) is 10.9. The van der Waals surface area contributed by atoms with Crippen LogP contribution in [-0.4, -0.2) is 36.4 Å².